The van der Waals surface area contributed by atoms with E-state index in [-0.39, 0.29) is 0 Å². The Bertz CT molecular complexity index is 297. The van der Waals surface area contributed by atoms with E-state index in [1.165, 1.54) is 38.8 Å². The standard InChI is InChI=1S/C15H30N4/c1-4-16-15(18-14-7-8-14)17-10-13-6-5-9-19(11-13)12(2)3/h12-14H,4-11H2,1-3H3,(H2,16,17,18). The number of guanidine groups is 1. The van der Waals surface area contributed by atoms with Crippen molar-refractivity contribution in [2.45, 2.75) is 58.5 Å². The molecule has 4 nitrogen and oxygen atoms in total. The van der Waals surface area contributed by atoms with Crippen molar-refractivity contribution in [3.63, 3.8) is 0 Å². The highest BCUT2D eigenvalue weighted by atomic mass is 15.2. The molecule has 1 saturated heterocycles. The summed E-state index contributed by atoms with van der Waals surface area (Å²) in [6.45, 7) is 11.1. The Morgan fingerprint density at radius 3 is 2.74 bits per heavy atom. The van der Waals surface area contributed by atoms with Crippen LogP contribution in [0, 0.1) is 5.92 Å². The van der Waals surface area contributed by atoms with Crippen molar-refractivity contribution in [2.75, 3.05) is 26.2 Å². The van der Waals surface area contributed by atoms with E-state index in [0.29, 0.717) is 12.1 Å². The molecule has 19 heavy (non-hydrogen) atoms. The number of nitrogens with zero attached hydrogens (tertiary/aromatic N) is 2. The fourth-order valence-electron chi connectivity index (χ4n) is 2.68. The summed E-state index contributed by atoms with van der Waals surface area (Å²) in [5, 5.41) is 6.84. The number of nitrogens with one attached hydrogen (secondary N) is 2. The maximum atomic E-state index is 4.78. The molecule has 2 rings (SSSR count). The average Bonchev–Trinajstić information content (AvgIpc) is 3.20. The zero-order valence-electron chi connectivity index (χ0n) is 12.8. The number of piperidine rings is 1. The number of hydrogen-bond acceptors (Lipinski definition) is 2. The van der Waals surface area contributed by atoms with Gasteiger partial charge in [-0.25, -0.2) is 0 Å². The van der Waals surface area contributed by atoms with Crippen LogP contribution in [0.25, 0.3) is 0 Å². The van der Waals surface area contributed by atoms with Crippen LogP contribution in [-0.4, -0.2) is 49.1 Å². The lowest BCUT2D eigenvalue weighted by molar-refractivity contribution is 0.143. The molecule has 1 aliphatic carbocycles. The van der Waals surface area contributed by atoms with Crippen LogP contribution in [-0.2, 0) is 0 Å². The molecular weight excluding hydrogens is 236 g/mol. The molecule has 0 aromatic rings. The predicted molar refractivity (Wildman–Crippen MR) is 81.6 cm³/mol. The van der Waals surface area contributed by atoms with E-state index < -0.39 is 0 Å². The van der Waals surface area contributed by atoms with Crippen molar-refractivity contribution in [1.82, 2.24) is 15.5 Å². The summed E-state index contributed by atoms with van der Waals surface area (Å²) in [5.74, 6) is 1.75. The van der Waals surface area contributed by atoms with E-state index in [1.54, 1.807) is 0 Å². The van der Waals surface area contributed by atoms with E-state index >= 15 is 0 Å². The van der Waals surface area contributed by atoms with Gasteiger partial charge in [0.1, 0.15) is 0 Å². The van der Waals surface area contributed by atoms with E-state index in [2.05, 4.69) is 36.3 Å². The molecule has 0 amide bonds. The van der Waals surface area contributed by atoms with Crippen molar-refractivity contribution in [3.05, 3.63) is 0 Å². The monoisotopic (exact) mass is 266 g/mol. The molecule has 4 heteroatoms. The van der Waals surface area contributed by atoms with Gasteiger partial charge in [0, 0.05) is 31.7 Å². The summed E-state index contributed by atoms with van der Waals surface area (Å²) in [6.07, 6.45) is 5.25. The summed E-state index contributed by atoms with van der Waals surface area (Å²) >= 11 is 0. The molecule has 110 valence electrons. The van der Waals surface area contributed by atoms with Crippen molar-refractivity contribution in [3.8, 4) is 0 Å². The lowest BCUT2D eigenvalue weighted by Crippen LogP contribution is -2.42. The second kappa shape index (κ2) is 7.13. The minimum absolute atomic E-state index is 0.671. The highest BCUT2D eigenvalue weighted by Gasteiger charge is 2.23. The Balaban J connectivity index is 1.80. The normalized spacial score (nSPS) is 25.7. The number of hydrogen-bond donors (Lipinski definition) is 2. The first kappa shape index (κ1) is 14.6. The number of rotatable bonds is 5. The van der Waals surface area contributed by atoms with Crippen LogP contribution < -0.4 is 10.6 Å². The molecule has 1 aliphatic heterocycles. The maximum Gasteiger partial charge on any atom is 0.191 e. The van der Waals surface area contributed by atoms with Gasteiger partial charge < -0.3 is 15.5 Å². The van der Waals surface area contributed by atoms with Crippen LogP contribution in [0.3, 0.4) is 0 Å². The van der Waals surface area contributed by atoms with Gasteiger partial charge in [-0.2, -0.15) is 0 Å². The molecule has 1 unspecified atom stereocenters. The molecule has 1 heterocycles. The quantitative estimate of drug-likeness (QED) is 0.589. The number of likely N-dealkylation sites (tertiary alicyclic amines) is 1. The van der Waals surface area contributed by atoms with Gasteiger partial charge in [-0.3, -0.25) is 4.99 Å². The van der Waals surface area contributed by atoms with Gasteiger partial charge in [-0.05, 0) is 58.9 Å². The van der Waals surface area contributed by atoms with Crippen molar-refractivity contribution >= 4 is 5.96 Å². The van der Waals surface area contributed by atoms with Gasteiger partial charge >= 0.3 is 0 Å². The summed E-state index contributed by atoms with van der Waals surface area (Å²) in [4.78, 5) is 7.37. The Hall–Kier alpha value is -0.770. The molecule has 1 atom stereocenters. The second-order valence-corrected chi connectivity index (χ2v) is 6.24. The molecule has 1 saturated carbocycles. The number of aliphatic imine (C=N–C) groups is 1. The summed E-state index contributed by atoms with van der Waals surface area (Å²) in [7, 11) is 0. The Kier molecular flexibility index (Phi) is 5.49. The second-order valence-electron chi connectivity index (χ2n) is 6.24. The third-order valence-electron chi connectivity index (χ3n) is 4.05. The van der Waals surface area contributed by atoms with Gasteiger partial charge in [0.15, 0.2) is 5.96 Å². The van der Waals surface area contributed by atoms with Crippen molar-refractivity contribution < 1.29 is 0 Å². The molecule has 0 aromatic carbocycles. The fourth-order valence-corrected chi connectivity index (χ4v) is 2.68. The third kappa shape index (κ3) is 5.01. The average molecular weight is 266 g/mol. The predicted octanol–water partition coefficient (Wildman–Crippen LogP) is 1.82. The maximum absolute atomic E-state index is 4.78. The van der Waals surface area contributed by atoms with Crippen LogP contribution in [0.2, 0.25) is 0 Å². The third-order valence-corrected chi connectivity index (χ3v) is 4.05. The SMILES string of the molecule is CCNC(=NCC1CCCN(C(C)C)C1)NC1CC1. The van der Waals surface area contributed by atoms with Crippen LogP contribution in [0.4, 0.5) is 0 Å². The lowest BCUT2D eigenvalue weighted by Gasteiger charge is -2.34. The van der Waals surface area contributed by atoms with Crippen LogP contribution in [0.15, 0.2) is 4.99 Å². The van der Waals surface area contributed by atoms with Crippen LogP contribution in [0.1, 0.15) is 46.5 Å². The zero-order chi connectivity index (χ0) is 13.7. The first-order valence-corrected chi connectivity index (χ1v) is 7.98. The van der Waals surface area contributed by atoms with Gasteiger partial charge in [0.05, 0.1) is 0 Å². The Labute approximate surface area is 118 Å². The molecule has 2 N–H and O–H groups in total. The van der Waals surface area contributed by atoms with Gasteiger partial charge in [0.25, 0.3) is 0 Å². The molecule has 0 spiro atoms. The highest BCUT2D eigenvalue weighted by Crippen LogP contribution is 2.20. The molecule has 0 aromatic heterocycles. The Morgan fingerprint density at radius 2 is 2.11 bits per heavy atom. The first-order chi connectivity index (χ1) is 9.19. The summed E-state index contributed by atoms with van der Waals surface area (Å²) in [5.41, 5.74) is 0. The summed E-state index contributed by atoms with van der Waals surface area (Å²) < 4.78 is 0. The van der Waals surface area contributed by atoms with Gasteiger partial charge in [-0.1, -0.05) is 0 Å². The van der Waals surface area contributed by atoms with Crippen molar-refractivity contribution in [1.29, 1.82) is 0 Å². The lowest BCUT2D eigenvalue weighted by atomic mass is 9.97. The first-order valence-electron chi connectivity index (χ1n) is 7.98. The van der Waals surface area contributed by atoms with E-state index in [4.69, 9.17) is 4.99 Å². The highest BCUT2D eigenvalue weighted by molar-refractivity contribution is 5.80. The smallest absolute Gasteiger partial charge is 0.191 e. The zero-order valence-corrected chi connectivity index (χ0v) is 12.8. The topological polar surface area (TPSA) is 39.7 Å². The Morgan fingerprint density at radius 1 is 1.32 bits per heavy atom. The minimum atomic E-state index is 0.671. The van der Waals surface area contributed by atoms with E-state index in [0.717, 1.165) is 25.0 Å². The van der Waals surface area contributed by atoms with Crippen LogP contribution >= 0.6 is 0 Å². The van der Waals surface area contributed by atoms with Gasteiger partial charge in [0.2, 0.25) is 0 Å². The largest absolute Gasteiger partial charge is 0.357 e. The van der Waals surface area contributed by atoms with Crippen LogP contribution in [0.5, 0.6) is 0 Å². The molecule has 2 aliphatic rings. The summed E-state index contributed by atoms with van der Waals surface area (Å²) in [6, 6.07) is 1.35. The van der Waals surface area contributed by atoms with Crippen molar-refractivity contribution in [2.24, 2.45) is 10.9 Å². The molecule has 0 bridgehead atoms. The molecule has 0 radical (unpaired) electrons. The molecular formula is C15H30N4. The van der Waals surface area contributed by atoms with Gasteiger partial charge in [-0.15, -0.1) is 0 Å². The minimum Gasteiger partial charge on any atom is -0.357 e. The van der Waals surface area contributed by atoms with E-state index in [9.17, 15) is 0 Å². The van der Waals surface area contributed by atoms with E-state index in [1.807, 2.05) is 0 Å². The fraction of sp³-hybridized carbons (Fsp3) is 0.933. The molecule has 2 fully saturated rings.